The molecule has 0 aromatic rings. The van der Waals surface area contributed by atoms with Crippen LogP contribution in [0.5, 0.6) is 0 Å². The van der Waals surface area contributed by atoms with Gasteiger partial charge in [0.2, 0.25) is 0 Å². The number of ether oxygens (including phenoxy) is 1. The number of nitrogens with two attached hydrogens (primary N) is 1. The van der Waals surface area contributed by atoms with Gasteiger partial charge in [-0.1, -0.05) is 0 Å². The van der Waals surface area contributed by atoms with Crippen LogP contribution in [0, 0.1) is 0 Å². The second kappa shape index (κ2) is 2.19. The van der Waals surface area contributed by atoms with Gasteiger partial charge in [-0.05, 0) is 6.08 Å². The summed E-state index contributed by atoms with van der Waals surface area (Å²) in [4.78, 5) is 10.3. The molecule has 0 radical (unpaired) electrons. The predicted octanol–water partition coefficient (Wildman–Crippen LogP) is -0.183. The SMILES string of the molecule is NCC1(C=O)CC=CO1. The van der Waals surface area contributed by atoms with Gasteiger partial charge in [0.25, 0.3) is 0 Å². The molecule has 0 saturated heterocycles. The Labute approximate surface area is 53.5 Å². The molecule has 3 nitrogen and oxygen atoms in total. The molecule has 2 N–H and O–H groups in total. The third kappa shape index (κ3) is 0.954. The summed E-state index contributed by atoms with van der Waals surface area (Å²) in [7, 11) is 0. The molecule has 0 bridgehead atoms. The quantitative estimate of drug-likeness (QED) is 0.523. The molecule has 0 fully saturated rings. The van der Waals surface area contributed by atoms with Crippen LogP contribution in [-0.2, 0) is 9.53 Å². The van der Waals surface area contributed by atoms with Gasteiger partial charge in [0.1, 0.15) is 0 Å². The number of carbonyl (C=O) groups excluding carboxylic acids is 1. The summed E-state index contributed by atoms with van der Waals surface area (Å²) < 4.78 is 4.97. The van der Waals surface area contributed by atoms with E-state index in [9.17, 15) is 4.79 Å². The fraction of sp³-hybridized carbons (Fsp3) is 0.500. The van der Waals surface area contributed by atoms with E-state index in [0.29, 0.717) is 6.42 Å². The van der Waals surface area contributed by atoms with Gasteiger partial charge >= 0.3 is 0 Å². The minimum atomic E-state index is -0.736. The Balaban J connectivity index is 2.60. The second-order valence-corrected chi connectivity index (χ2v) is 2.08. The fourth-order valence-corrected chi connectivity index (χ4v) is 0.735. The highest BCUT2D eigenvalue weighted by Gasteiger charge is 2.30. The van der Waals surface area contributed by atoms with E-state index in [1.165, 1.54) is 6.26 Å². The Morgan fingerprint density at radius 3 is 2.89 bits per heavy atom. The van der Waals surface area contributed by atoms with Crippen LogP contribution in [0.4, 0.5) is 0 Å². The molecule has 50 valence electrons. The zero-order valence-electron chi connectivity index (χ0n) is 5.04. The van der Waals surface area contributed by atoms with Crippen molar-refractivity contribution in [3.63, 3.8) is 0 Å². The van der Waals surface area contributed by atoms with Gasteiger partial charge < -0.3 is 10.5 Å². The van der Waals surface area contributed by atoms with E-state index < -0.39 is 5.60 Å². The molecule has 0 aliphatic carbocycles. The summed E-state index contributed by atoms with van der Waals surface area (Å²) in [6.07, 6.45) is 4.67. The van der Waals surface area contributed by atoms with E-state index >= 15 is 0 Å². The lowest BCUT2D eigenvalue weighted by Crippen LogP contribution is -2.38. The maximum absolute atomic E-state index is 10.3. The minimum absolute atomic E-state index is 0.253. The van der Waals surface area contributed by atoms with Crippen molar-refractivity contribution in [1.29, 1.82) is 0 Å². The zero-order valence-corrected chi connectivity index (χ0v) is 5.04. The van der Waals surface area contributed by atoms with Gasteiger partial charge in [-0.15, -0.1) is 0 Å². The van der Waals surface area contributed by atoms with Crippen LogP contribution in [0.15, 0.2) is 12.3 Å². The van der Waals surface area contributed by atoms with Crippen LogP contribution in [0.25, 0.3) is 0 Å². The lowest BCUT2D eigenvalue weighted by Gasteiger charge is -2.18. The highest BCUT2D eigenvalue weighted by molar-refractivity contribution is 5.64. The van der Waals surface area contributed by atoms with Gasteiger partial charge in [0.05, 0.1) is 6.26 Å². The molecular weight excluding hydrogens is 118 g/mol. The fourth-order valence-electron chi connectivity index (χ4n) is 0.735. The van der Waals surface area contributed by atoms with Crippen molar-refractivity contribution < 1.29 is 9.53 Å². The lowest BCUT2D eigenvalue weighted by atomic mass is 10.0. The standard InChI is InChI=1S/C6H9NO2/c7-4-6(5-8)2-1-3-9-6/h1,3,5H,2,4,7H2. The van der Waals surface area contributed by atoms with Crippen molar-refractivity contribution in [3.05, 3.63) is 12.3 Å². The molecule has 1 atom stereocenters. The highest BCUT2D eigenvalue weighted by atomic mass is 16.5. The molecule has 1 rings (SSSR count). The molecular formula is C6H9NO2. The topological polar surface area (TPSA) is 52.3 Å². The molecule has 0 aromatic heterocycles. The largest absolute Gasteiger partial charge is 0.486 e. The number of aldehydes is 1. The van der Waals surface area contributed by atoms with Crippen LogP contribution >= 0.6 is 0 Å². The Morgan fingerprint density at radius 1 is 1.89 bits per heavy atom. The van der Waals surface area contributed by atoms with Crippen LogP contribution in [0.3, 0.4) is 0 Å². The van der Waals surface area contributed by atoms with Crippen molar-refractivity contribution in [2.45, 2.75) is 12.0 Å². The zero-order chi connectivity index (χ0) is 6.74. The molecule has 0 saturated carbocycles. The first-order chi connectivity index (χ1) is 4.33. The van der Waals surface area contributed by atoms with Gasteiger partial charge in [-0.25, -0.2) is 0 Å². The Bertz CT molecular complexity index is 134. The van der Waals surface area contributed by atoms with Crippen LogP contribution in [-0.4, -0.2) is 18.4 Å². The number of hydrogen-bond acceptors (Lipinski definition) is 3. The van der Waals surface area contributed by atoms with Crippen molar-refractivity contribution in [2.24, 2.45) is 5.73 Å². The molecule has 0 aromatic carbocycles. The highest BCUT2D eigenvalue weighted by Crippen LogP contribution is 2.18. The Kier molecular flexibility index (Phi) is 1.53. The van der Waals surface area contributed by atoms with E-state index in [1.807, 2.05) is 0 Å². The van der Waals surface area contributed by atoms with E-state index in [2.05, 4.69) is 0 Å². The molecule has 1 aliphatic heterocycles. The summed E-state index contributed by atoms with van der Waals surface area (Å²) in [5.41, 5.74) is 4.55. The smallest absolute Gasteiger partial charge is 0.178 e. The normalized spacial score (nSPS) is 32.1. The number of carbonyl (C=O) groups is 1. The first-order valence-electron chi connectivity index (χ1n) is 2.82. The van der Waals surface area contributed by atoms with Gasteiger partial charge in [0.15, 0.2) is 11.9 Å². The van der Waals surface area contributed by atoms with Gasteiger partial charge in [0, 0.05) is 13.0 Å². The molecule has 0 amide bonds. The molecule has 9 heavy (non-hydrogen) atoms. The summed E-state index contributed by atoms with van der Waals surface area (Å²) in [6, 6.07) is 0. The maximum atomic E-state index is 10.3. The minimum Gasteiger partial charge on any atom is -0.486 e. The number of rotatable bonds is 2. The van der Waals surface area contributed by atoms with E-state index in [-0.39, 0.29) is 6.54 Å². The molecule has 1 heterocycles. The van der Waals surface area contributed by atoms with Crippen LogP contribution in [0.2, 0.25) is 0 Å². The summed E-state index contributed by atoms with van der Waals surface area (Å²) in [6.45, 7) is 0.253. The predicted molar refractivity (Wildman–Crippen MR) is 32.7 cm³/mol. The third-order valence-corrected chi connectivity index (χ3v) is 1.42. The maximum Gasteiger partial charge on any atom is 0.178 e. The monoisotopic (exact) mass is 127 g/mol. The van der Waals surface area contributed by atoms with Crippen molar-refractivity contribution >= 4 is 6.29 Å². The molecule has 3 heteroatoms. The second-order valence-electron chi connectivity index (χ2n) is 2.08. The summed E-state index contributed by atoms with van der Waals surface area (Å²) >= 11 is 0. The Hall–Kier alpha value is -0.830. The first-order valence-corrected chi connectivity index (χ1v) is 2.82. The van der Waals surface area contributed by atoms with Gasteiger partial charge in [-0.2, -0.15) is 0 Å². The average Bonchev–Trinajstić information content (AvgIpc) is 2.36. The van der Waals surface area contributed by atoms with E-state index in [0.717, 1.165) is 6.29 Å². The van der Waals surface area contributed by atoms with Crippen molar-refractivity contribution in [2.75, 3.05) is 6.54 Å². The third-order valence-electron chi connectivity index (χ3n) is 1.42. The van der Waals surface area contributed by atoms with E-state index in [1.54, 1.807) is 6.08 Å². The molecule has 1 unspecified atom stereocenters. The lowest BCUT2D eigenvalue weighted by molar-refractivity contribution is -0.122. The van der Waals surface area contributed by atoms with Crippen LogP contribution < -0.4 is 5.73 Å². The summed E-state index contributed by atoms with van der Waals surface area (Å²) in [5.74, 6) is 0. The average molecular weight is 127 g/mol. The number of hydrogen-bond donors (Lipinski definition) is 1. The van der Waals surface area contributed by atoms with Gasteiger partial charge in [-0.3, -0.25) is 4.79 Å². The van der Waals surface area contributed by atoms with Crippen LogP contribution in [0.1, 0.15) is 6.42 Å². The first kappa shape index (κ1) is 6.29. The Morgan fingerprint density at radius 2 is 2.67 bits per heavy atom. The van der Waals surface area contributed by atoms with E-state index in [4.69, 9.17) is 10.5 Å². The summed E-state index contributed by atoms with van der Waals surface area (Å²) in [5, 5.41) is 0. The van der Waals surface area contributed by atoms with Crippen molar-refractivity contribution in [1.82, 2.24) is 0 Å². The molecule has 1 aliphatic rings. The molecule has 0 spiro atoms. The van der Waals surface area contributed by atoms with Crippen molar-refractivity contribution in [3.8, 4) is 0 Å².